The van der Waals surface area contributed by atoms with Gasteiger partial charge in [-0.1, -0.05) is 24.3 Å². The van der Waals surface area contributed by atoms with Gasteiger partial charge in [0.05, 0.1) is 5.69 Å². The van der Waals surface area contributed by atoms with Crippen LogP contribution in [-0.4, -0.2) is 17.8 Å². The van der Waals surface area contributed by atoms with E-state index in [1.165, 1.54) is 18.2 Å². The molecule has 0 spiro atoms. The Balaban J connectivity index is 1.69. The van der Waals surface area contributed by atoms with E-state index in [2.05, 4.69) is 9.71 Å². The molecule has 0 aliphatic heterocycles. The lowest BCUT2D eigenvalue weighted by atomic mass is 10.1. The number of nitrogens with zero attached hydrogens (tertiary/aromatic N) is 2. The van der Waals surface area contributed by atoms with Crippen LogP contribution in [0.3, 0.4) is 0 Å². The molecule has 2 heterocycles. The molecule has 4 aromatic rings. The predicted octanol–water partition coefficient (Wildman–Crippen LogP) is 4.25. The molecule has 0 aliphatic rings. The lowest BCUT2D eigenvalue weighted by molar-refractivity contribution is 0.570. The maximum absolute atomic E-state index is 13.9. The molecule has 1 N–H and O–H groups in total. The third-order valence-electron chi connectivity index (χ3n) is 4.15. The predicted molar refractivity (Wildman–Crippen MR) is 103 cm³/mol. The number of anilines is 1. The average molecular weight is 381 g/mol. The maximum Gasteiger partial charge on any atom is 0.264 e. The van der Waals surface area contributed by atoms with Gasteiger partial charge in [0.2, 0.25) is 0 Å². The van der Waals surface area contributed by atoms with Gasteiger partial charge in [-0.25, -0.2) is 17.8 Å². The van der Waals surface area contributed by atoms with Crippen molar-refractivity contribution in [3.8, 4) is 11.3 Å². The summed E-state index contributed by atoms with van der Waals surface area (Å²) in [7, 11) is -4.02. The number of imidazole rings is 1. The fourth-order valence-corrected chi connectivity index (χ4v) is 3.97. The number of aryl methyl sites for hydroxylation is 1. The molecular weight excluding hydrogens is 365 g/mol. The van der Waals surface area contributed by atoms with Gasteiger partial charge >= 0.3 is 0 Å². The van der Waals surface area contributed by atoms with Crippen LogP contribution in [0.15, 0.2) is 78.0 Å². The third kappa shape index (κ3) is 3.41. The van der Waals surface area contributed by atoms with Crippen molar-refractivity contribution >= 4 is 21.4 Å². The topological polar surface area (TPSA) is 63.5 Å². The first-order valence-electron chi connectivity index (χ1n) is 8.25. The van der Waals surface area contributed by atoms with Gasteiger partial charge < -0.3 is 4.40 Å². The van der Waals surface area contributed by atoms with E-state index >= 15 is 0 Å². The van der Waals surface area contributed by atoms with Crippen LogP contribution in [0.2, 0.25) is 0 Å². The molecule has 0 atom stereocenters. The summed E-state index contributed by atoms with van der Waals surface area (Å²) >= 11 is 0. The second-order valence-corrected chi connectivity index (χ2v) is 7.86. The van der Waals surface area contributed by atoms with Crippen LogP contribution >= 0.6 is 0 Å². The van der Waals surface area contributed by atoms with Gasteiger partial charge in [0.15, 0.2) is 0 Å². The van der Waals surface area contributed by atoms with E-state index in [4.69, 9.17) is 0 Å². The highest BCUT2D eigenvalue weighted by molar-refractivity contribution is 7.92. The first-order chi connectivity index (χ1) is 12.9. The van der Waals surface area contributed by atoms with Crippen LogP contribution in [0.1, 0.15) is 5.56 Å². The van der Waals surface area contributed by atoms with Gasteiger partial charge in [-0.2, -0.15) is 0 Å². The second kappa shape index (κ2) is 6.51. The van der Waals surface area contributed by atoms with Crippen molar-refractivity contribution < 1.29 is 12.8 Å². The van der Waals surface area contributed by atoms with E-state index in [1.807, 2.05) is 41.9 Å². The molecule has 0 bridgehead atoms. The Labute approximate surface area is 156 Å². The average Bonchev–Trinajstić information content (AvgIpc) is 3.05. The number of aromatic nitrogens is 2. The molecule has 0 radical (unpaired) electrons. The van der Waals surface area contributed by atoms with Crippen LogP contribution in [0.5, 0.6) is 0 Å². The number of fused-ring (bicyclic) bond motifs is 1. The van der Waals surface area contributed by atoms with Gasteiger partial charge in [-0.15, -0.1) is 0 Å². The molecule has 0 saturated heterocycles. The van der Waals surface area contributed by atoms with Gasteiger partial charge in [0.1, 0.15) is 16.4 Å². The third-order valence-corrected chi connectivity index (χ3v) is 5.57. The normalized spacial score (nSPS) is 11.6. The highest BCUT2D eigenvalue weighted by Gasteiger charge is 2.18. The van der Waals surface area contributed by atoms with Crippen molar-refractivity contribution in [1.82, 2.24) is 9.38 Å². The minimum Gasteiger partial charge on any atom is -0.306 e. The van der Waals surface area contributed by atoms with Gasteiger partial charge in [-0.05, 0) is 48.9 Å². The number of hydrogen-bond donors (Lipinski definition) is 1. The summed E-state index contributed by atoms with van der Waals surface area (Å²) in [5.41, 5.74) is 3.72. The van der Waals surface area contributed by atoms with E-state index in [9.17, 15) is 12.8 Å². The van der Waals surface area contributed by atoms with Crippen molar-refractivity contribution in [2.75, 3.05) is 4.72 Å². The quantitative estimate of drug-likeness (QED) is 0.575. The smallest absolute Gasteiger partial charge is 0.264 e. The summed E-state index contributed by atoms with van der Waals surface area (Å²) in [4.78, 5) is 4.19. The zero-order chi connectivity index (χ0) is 19.0. The monoisotopic (exact) mass is 381 g/mol. The summed E-state index contributed by atoms with van der Waals surface area (Å²) in [6.07, 6.45) is 3.80. The fourth-order valence-electron chi connectivity index (χ4n) is 2.84. The van der Waals surface area contributed by atoms with Gasteiger partial charge in [-0.3, -0.25) is 4.72 Å². The summed E-state index contributed by atoms with van der Waals surface area (Å²) in [5.74, 6) is -0.795. The number of halogens is 1. The lowest BCUT2D eigenvalue weighted by Gasteiger charge is -2.09. The van der Waals surface area contributed by atoms with Crippen LogP contribution in [0.4, 0.5) is 10.1 Å². The maximum atomic E-state index is 13.9. The molecule has 0 aliphatic carbocycles. The van der Waals surface area contributed by atoms with E-state index in [0.717, 1.165) is 22.8 Å². The minimum absolute atomic E-state index is 0.337. The number of rotatable bonds is 4. The number of pyridine rings is 1. The Morgan fingerprint density at radius 1 is 1.04 bits per heavy atom. The van der Waals surface area contributed by atoms with Crippen molar-refractivity contribution in [3.05, 3.63) is 84.4 Å². The van der Waals surface area contributed by atoms with Crippen LogP contribution in [0, 0.1) is 12.7 Å². The molecule has 2 aromatic carbocycles. The van der Waals surface area contributed by atoms with Crippen molar-refractivity contribution in [2.24, 2.45) is 0 Å². The van der Waals surface area contributed by atoms with E-state index < -0.39 is 20.7 Å². The Morgan fingerprint density at radius 2 is 1.85 bits per heavy atom. The van der Waals surface area contributed by atoms with Gasteiger partial charge in [0.25, 0.3) is 10.0 Å². The number of sulfonamides is 1. The lowest BCUT2D eigenvalue weighted by Crippen LogP contribution is -2.14. The Kier molecular flexibility index (Phi) is 4.16. The summed E-state index contributed by atoms with van der Waals surface area (Å²) in [5, 5.41) is 0. The second-order valence-electron chi connectivity index (χ2n) is 6.21. The van der Waals surface area contributed by atoms with E-state index in [1.54, 1.807) is 18.2 Å². The molecule has 2 aromatic heterocycles. The Bertz CT molecular complexity index is 1250. The first kappa shape index (κ1) is 17.2. The molecular formula is C20H16FN3O2S. The van der Waals surface area contributed by atoms with Crippen LogP contribution in [-0.2, 0) is 10.0 Å². The zero-order valence-electron chi connectivity index (χ0n) is 14.4. The molecule has 136 valence electrons. The first-order valence-corrected chi connectivity index (χ1v) is 9.74. The minimum atomic E-state index is -4.02. The largest absolute Gasteiger partial charge is 0.306 e. The molecule has 0 saturated carbocycles. The number of benzene rings is 2. The molecule has 0 amide bonds. The molecule has 5 nitrogen and oxygen atoms in total. The summed E-state index contributed by atoms with van der Waals surface area (Å²) in [6.45, 7) is 1.99. The highest BCUT2D eigenvalue weighted by Crippen LogP contribution is 2.25. The molecule has 7 heteroatoms. The van der Waals surface area contributed by atoms with Crippen LogP contribution < -0.4 is 4.72 Å². The molecule has 4 rings (SSSR count). The Hall–Kier alpha value is -3.19. The molecule has 0 fully saturated rings. The standard InChI is InChI=1S/C20H16FN3O2S/c1-14-9-10-24-13-18(22-20(24)11-14)15-5-4-6-16(12-15)23-27(25,26)19-8-3-2-7-17(19)21/h2-13,23H,1H3. The van der Waals surface area contributed by atoms with Crippen molar-refractivity contribution in [3.63, 3.8) is 0 Å². The molecule has 27 heavy (non-hydrogen) atoms. The van der Waals surface area contributed by atoms with E-state index in [-0.39, 0.29) is 0 Å². The van der Waals surface area contributed by atoms with Crippen LogP contribution in [0.25, 0.3) is 16.9 Å². The number of hydrogen-bond acceptors (Lipinski definition) is 3. The summed E-state index contributed by atoms with van der Waals surface area (Å²) in [6, 6.07) is 16.1. The Morgan fingerprint density at radius 3 is 2.67 bits per heavy atom. The van der Waals surface area contributed by atoms with E-state index in [0.29, 0.717) is 11.4 Å². The van der Waals surface area contributed by atoms with Crippen molar-refractivity contribution in [1.29, 1.82) is 0 Å². The SMILES string of the molecule is Cc1ccn2cc(-c3cccc(NS(=O)(=O)c4ccccc4F)c3)nc2c1. The fraction of sp³-hybridized carbons (Fsp3) is 0.0500. The summed E-state index contributed by atoms with van der Waals surface area (Å²) < 4.78 is 43.1. The van der Waals surface area contributed by atoms with Gasteiger partial charge in [0, 0.05) is 23.6 Å². The zero-order valence-corrected chi connectivity index (χ0v) is 15.2. The van der Waals surface area contributed by atoms with Crippen molar-refractivity contribution in [2.45, 2.75) is 11.8 Å². The highest BCUT2D eigenvalue weighted by atomic mass is 32.2. The molecule has 0 unspecified atom stereocenters. The number of nitrogens with one attached hydrogen (secondary N) is 1.